The van der Waals surface area contributed by atoms with Gasteiger partial charge in [-0.3, -0.25) is 4.79 Å². The summed E-state index contributed by atoms with van der Waals surface area (Å²) in [5.41, 5.74) is 1.47. The minimum Gasteiger partial charge on any atom is -0.490 e. The SMILES string of the molecule is CCOc1ccc(C=c2sc3nnc(-c4ccc(Cl)cc4)n3c2=O)cc1OCC. The molecule has 0 atom stereocenters. The Balaban J connectivity index is 1.80. The molecule has 8 heteroatoms. The quantitative estimate of drug-likeness (QED) is 0.468. The van der Waals surface area contributed by atoms with Gasteiger partial charge in [-0.1, -0.05) is 29.0 Å². The van der Waals surface area contributed by atoms with Gasteiger partial charge in [-0.05, 0) is 61.9 Å². The number of hydrogen-bond donors (Lipinski definition) is 0. The van der Waals surface area contributed by atoms with E-state index in [1.807, 2.05) is 50.3 Å². The molecule has 0 aliphatic rings. The number of hydrogen-bond acceptors (Lipinski definition) is 6. The molecular formula is C21H18ClN3O3S. The minimum absolute atomic E-state index is 0.160. The van der Waals surface area contributed by atoms with E-state index in [1.165, 1.54) is 15.7 Å². The van der Waals surface area contributed by atoms with E-state index in [2.05, 4.69) is 10.2 Å². The van der Waals surface area contributed by atoms with Gasteiger partial charge in [-0.2, -0.15) is 0 Å². The smallest absolute Gasteiger partial charge is 0.276 e. The summed E-state index contributed by atoms with van der Waals surface area (Å²) in [5.74, 6) is 1.84. The Kier molecular flexibility index (Phi) is 5.51. The summed E-state index contributed by atoms with van der Waals surface area (Å²) < 4.78 is 13.4. The summed E-state index contributed by atoms with van der Waals surface area (Å²) in [5, 5.41) is 8.95. The van der Waals surface area contributed by atoms with Gasteiger partial charge in [-0.25, -0.2) is 4.40 Å². The first-order valence-electron chi connectivity index (χ1n) is 9.16. The van der Waals surface area contributed by atoms with E-state index in [9.17, 15) is 4.79 Å². The van der Waals surface area contributed by atoms with Crippen molar-refractivity contribution < 1.29 is 9.47 Å². The van der Waals surface area contributed by atoms with Crippen LogP contribution in [0.4, 0.5) is 0 Å². The van der Waals surface area contributed by atoms with Crippen molar-refractivity contribution in [2.24, 2.45) is 0 Å². The first kappa shape index (κ1) is 19.4. The van der Waals surface area contributed by atoms with Gasteiger partial charge >= 0.3 is 0 Å². The van der Waals surface area contributed by atoms with Crippen molar-refractivity contribution in [3.8, 4) is 22.9 Å². The Hall–Kier alpha value is -2.90. The number of aromatic nitrogens is 3. The highest BCUT2D eigenvalue weighted by molar-refractivity contribution is 7.15. The van der Waals surface area contributed by atoms with Gasteiger partial charge in [0.15, 0.2) is 17.3 Å². The largest absolute Gasteiger partial charge is 0.490 e. The maximum Gasteiger partial charge on any atom is 0.276 e. The van der Waals surface area contributed by atoms with Crippen molar-refractivity contribution in [2.45, 2.75) is 13.8 Å². The van der Waals surface area contributed by atoms with Gasteiger partial charge in [-0.15, -0.1) is 10.2 Å². The molecule has 0 aliphatic heterocycles. The van der Waals surface area contributed by atoms with Crippen LogP contribution in [0, 0.1) is 0 Å². The molecular weight excluding hydrogens is 410 g/mol. The Labute approximate surface area is 176 Å². The van der Waals surface area contributed by atoms with Crippen LogP contribution in [-0.2, 0) is 0 Å². The number of fused-ring (bicyclic) bond motifs is 1. The average Bonchev–Trinajstić information content (AvgIpc) is 3.25. The molecule has 2 aromatic heterocycles. The van der Waals surface area contributed by atoms with Gasteiger partial charge in [0.25, 0.3) is 5.56 Å². The van der Waals surface area contributed by atoms with Crippen LogP contribution in [0.15, 0.2) is 47.3 Å². The molecule has 0 saturated carbocycles. The predicted octanol–water partition coefficient (Wildman–Crippen LogP) is 3.82. The van der Waals surface area contributed by atoms with E-state index in [-0.39, 0.29) is 5.56 Å². The van der Waals surface area contributed by atoms with E-state index >= 15 is 0 Å². The van der Waals surface area contributed by atoms with Gasteiger partial charge in [0, 0.05) is 10.6 Å². The second kappa shape index (κ2) is 8.23. The fourth-order valence-corrected chi connectivity index (χ4v) is 4.00. The van der Waals surface area contributed by atoms with Crippen molar-refractivity contribution in [3.05, 3.63) is 67.9 Å². The molecule has 2 aromatic carbocycles. The van der Waals surface area contributed by atoms with Gasteiger partial charge in [0.1, 0.15) is 0 Å². The molecule has 0 saturated heterocycles. The van der Waals surface area contributed by atoms with Crippen molar-refractivity contribution in [1.82, 2.24) is 14.6 Å². The maximum absolute atomic E-state index is 13.0. The molecule has 6 nitrogen and oxygen atoms in total. The highest BCUT2D eigenvalue weighted by Gasteiger charge is 2.14. The third kappa shape index (κ3) is 3.83. The molecule has 0 aliphatic carbocycles. The monoisotopic (exact) mass is 427 g/mol. The van der Waals surface area contributed by atoms with Crippen LogP contribution in [-0.4, -0.2) is 27.8 Å². The summed E-state index contributed by atoms with van der Waals surface area (Å²) in [6, 6.07) is 12.8. The zero-order valence-electron chi connectivity index (χ0n) is 15.9. The molecule has 0 fully saturated rings. The lowest BCUT2D eigenvalue weighted by atomic mass is 10.2. The lowest BCUT2D eigenvalue weighted by Crippen LogP contribution is -2.23. The van der Waals surface area contributed by atoms with Crippen molar-refractivity contribution in [3.63, 3.8) is 0 Å². The number of halogens is 1. The number of thiazole rings is 1. The first-order valence-corrected chi connectivity index (χ1v) is 10.4. The molecule has 0 N–H and O–H groups in total. The molecule has 4 aromatic rings. The lowest BCUT2D eigenvalue weighted by molar-refractivity contribution is 0.287. The third-order valence-corrected chi connectivity index (χ3v) is 5.43. The van der Waals surface area contributed by atoms with Gasteiger partial charge in [0.05, 0.1) is 17.7 Å². The Morgan fingerprint density at radius 3 is 2.48 bits per heavy atom. The molecule has 0 radical (unpaired) electrons. The number of ether oxygens (including phenoxy) is 2. The van der Waals surface area contributed by atoms with Crippen LogP contribution < -0.4 is 19.6 Å². The van der Waals surface area contributed by atoms with Crippen molar-refractivity contribution in [1.29, 1.82) is 0 Å². The summed E-state index contributed by atoms with van der Waals surface area (Å²) >= 11 is 7.25. The van der Waals surface area contributed by atoms with E-state index < -0.39 is 0 Å². The van der Waals surface area contributed by atoms with Crippen LogP contribution in [0.1, 0.15) is 19.4 Å². The molecule has 148 valence electrons. The molecule has 29 heavy (non-hydrogen) atoms. The number of rotatable bonds is 6. The fourth-order valence-electron chi connectivity index (χ4n) is 2.96. The average molecular weight is 428 g/mol. The standard InChI is InChI=1S/C21H18ClN3O3S/c1-3-27-16-10-5-13(11-17(16)28-4-2)12-18-20(26)25-19(23-24-21(25)29-18)14-6-8-15(22)9-7-14/h5-12H,3-4H2,1-2H3. The molecule has 0 amide bonds. The van der Waals surface area contributed by atoms with Crippen molar-refractivity contribution >= 4 is 34.0 Å². The van der Waals surface area contributed by atoms with Gasteiger partial charge < -0.3 is 9.47 Å². The predicted molar refractivity (Wildman–Crippen MR) is 115 cm³/mol. The summed E-state index contributed by atoms with van der Waals surface area (Å²) in [4.78, 5) is 13.6. The van der Waals surface area contributed by atoms with E-state index in [0.29, 0.717) is 45.1 Å². The number of benzene rings is 2. The van der Waals surface area contributed by atoms with Crippen LogP contribution >= 0.6 is 22.9 Å². The molecule has 0 bridgehead atoms. The Morgan fingerprint density at radius 1 is 1.03 bits per heavy atom. The highest BCUT2D eigenvalue weighted by atomic mass is 35.5. The summed E-state index contributed by atoms with van der Waals surface area (Å²) in [6.07, 6.45) is 1.82. The van der Waals surface area contributed by atoms with Crippen LogP contribution in [0.5, 0.6) is 11.5 Å². The fraction of sp³-hybridized carbons (Fsp3) is 0.190. The molecule has 4 rings (SSSR count). The van der Waals surface area contributed by atoms with E-state index in [1.54, 1.807) is 12.1 Å². The van der Waals surface area contributed by atoms with Crippen LogP contribution in [0.2, 0.25) is 5.02 Å². The van der Waals surface area contributed by atoms with E-state index in [0.717, 1.165) is 11.1 Å². The molecule has 0 unspecified atom stereocenters. The highest BCUT2D eigenvalue weighted by Crippen LogP contribution is 2.29. The normalized spacial score (nSPS) is 11.9. The Bertz CT molecular complexity index is 1270. The molecule has 2 heterocycles. The second-order valence-electron chi connectivity index (χ2n) is 6.14. The minimum atomic E-state index is -0.160. The Morgan fingerprint density at radius 2 is 1.76 bits per heavy atom. The topological polar surface area (TPSA) is 65.7 Å². The third-order valence-electron chi connectivity index (χ3n) is 4.22. The zero-order chi connectivity index (χ0) is 20.4. The number of nitrogens with zero attached hydrogens (tertiary/aromatic N) is 3. The van der Waals surface area contributed by atoms with E-state index in [4.69, 9.17) is 21.1 Å². The van der Waals surface area contributed by atoms with Crippen LogP contribution in [0.25, 0.3) is 22.4 Å². The zero-order valence-corrected chi connectivity index (χ0v) is 17.5. The van der Waals surface area contributed by atoms with Gasteiger partial charge in [0.2, 0.25) is 4.96 Å². The lowest BCUT2D eigenvalue weighted by Gasteiger charge is -2.11. The van der Waals surface area contributed by atoms with Crippen LogP contribution in [0.3, 0.4) is 0 Å². The summed E-state index contributed by atoms with van der Waals surface area (Å²) in [6.45, 7) is 4.92. The van der Waals surface area contributed by atoms with Crippen molar-refractivity contribution in [2.75, 3.05) is 13.2 Å². The maximum atomic E-state index is 13.0. The first-order chi connectivity index (χ1) is 14.1. The second-order valence-corrected chi connectivity index (χ2v) is 7.58. The molecule has 0 spiro atoms. The summed E-state index contributed by atoms with van der Waals surface area (Å²) in [7, 11) is 0.